The Hall–Kier alpha value is -8.42. The van der Waals surface area contributed by atoms with Gasteiger partial charge in [0.15, 0.2) is 11.5 Å². The first kappa shape index (κ1) is 35.3. The SMILES string of the molecule is C1=C(c2ccccc2-c2cc(-c3ccncc3)cc(-c3cccnc3)c2)CNC2=C1C1(c3ccccc3-c3c1ccc1c3Oc3ccccc3N1c1cccnc1)c1cccnc12. The van der Waals surface area contributed by atoms with Gasteiger partial charge in [0, 0.05) is 54.9 Å². The number of para-hydroxylation sites is 2. The first-order chi connectivity index (χ1) is 31.3. The van der Waals surface area contributed by atoms with Gasteiger partial charge in [-0.1, -0.05) is 78.9 Å². The Labute approximate surface area is 364 Å². The first-order valence-corrected chi connectivity index (χ1v) is 21.2. The molecular formula is C56H36N6O. The van der Waals surface area contributed by atoms with Crippen molar-refractivity contribution in [3.63, 3.8) is 0 Å². The normalized spacial score (nSPS) is 16.2. The summed E-state index contributed by atoms with van der Waals surface area (Å²) in [6.45, 7) is 0.639. The fourth-order valence-electron chi connectivity index (χ4n) is 10.4. The molecule has 4 aromatic heterocycles. The molecule has 9 aromatic rings. The van der Waals surface area contributed by atoms with Gasteiger partial charge in [-0.05, 0) is 146 Å². The average Bonchev–Trinajstić information content (AvgIpc) is 3.83. The third kappa shape index (κ3) is 5.20. The van der Waals surface area contributed by atoms with E-state index in [1.54, 1.807) is 0 Å². The number of benzene rings is 5. The summed E-state index contributed by atoms with van der Waals surface area (Å²) in [5, 5.41) is 3.94. The molecule has 0 saturated carbocycles. The highest BCUT2D eigenvalue weighted by Crippen LogP contribution is 2.66. The van der Waals surface area contributed by atoms with Crippen molar-refractivity contribution in [2.24, 2.45) is 0 Å². The number of fused-ring (bicyclic) bond motifs is 12. The van der Waals surface area contributed by atoms with Crippen molar-refractivity contribution in [1.82, 2.24) is 25.3 Å². The van der Waals surface area contributed by atoms with Crippen LogP contribution in [-0.2, 0) is 5.41 Å². The Balaban J connectivity index is 1.02. The zero-order chi connectivity index (χ0) is 41.5. The Morgan fingerprint density at radius 2 is 1.25 bits per heavy atom. The van der Waals surface area contributed by atoms with Crippen LogP contribution in [0.4, 0.5) is 17.1 Å². The van der Waals surface area contributed by atoms with E-state index in [0.717, 1.165) is 90.0 Å². The molecule has 0 fully saturated rings. The maximum Gasteiger partial charge on any atom is 0.159 e. The van der Waals surface area contributed by atoms with E-state index in [1.165, 1.54) is 27.8 Å². The number of hydrogen-bond acceptors (Lipinski definition) is 7. The highest BCUT2D eigenvalue weighted by Gasteiger charge is 2.55. The van der Waals surface area contributed by atoms with Crippen molar-refractivity contribution in [3.05, 3.63) is 235 Å². The van der Waals surface area contributed by atoms with Crippen molar-refractivity contribution >= 4 is 28.3 Å². The zero-order valence-electron chi connectivity index (χ0n) is 33.9. The van der Waals surface area contributed by atoms with Crippen LogP contribution >= 0.6 is 0 Å². The van der Waals surface area contributed by atoms with Gasteiger partial charge in [0.1, 0.15) is 0 Å². The third-order valence-electron chi connectivity index (χ3n) is 13.0. The fourth-order valence-corrected chi connectivity index (χ4v) is 10.4. The third-order valence-corrected chi connectivity index (χ3v) is 13.0. The van der Waals surface area contributed by atoms with Crippen molar-refractivity contribution in [2.75, 3.05) is 11.4 Å². The molecule has 0 radical (unpaired) electrons. The monoisotopic (exact) mass is 808 g/mol. The van der Waals surface area contributed by atoms with Gasteiger partial charge in [0.05, 0.1) is 40.1 Å². The Kier molecular flexibility index (Phi) is 7.75. The van der Waals surface area contributed by atoms with Gasteiger partial charge in [-0.3, -0.25) is 19.9 Å². The molecule has 63 heavy (non-hydrogen) atoms. The molecule has 6 heterocycles. The smallest absolute Gasteiger partial charge is 0.159 e. The molecule has 0 bridgehead atoms. The number of dihydropyridines is 1. The van der Waals surface area contributed by atoms with Gasteiger partial charge < -0.3 is 15.0 Å². The molecular weight excluding hydrogens is 773 g/mol. The molecule has 0 saturated heterocycles. The molecule has 296 valence electrons. The number of pyridine rings is 4. The minimum Gasteiger partial charge on any atom is -0.452 e. The Morgan fingerprint density at radius 1 is 0.524 bits per heavy atom. The number of anilines is 3. The van der Waals surface area contributed by atoms with Gasteiger partial charge in [-0.2, -0.15) is 0 Å². The van der Waals surface area contributed by atoms with E-state index in [-0.39, 0.29) is 0 Å². The molecule has 1 atom stereocenters. The second kappa shape index (κ2) is 13.8. The summed E-state index contributed by atoms with van der Waals surface area (Å²) in [5.74, 6) is 1.63. The van der Waals surface area contributed by atoms with Crippen molar-refractivity contribution in [1.29, 1.82) is 0 Å². The molecule has 4 aliphatic rings. The summed E-state index contributed by atoms with van der Waals surface area (Å²) in [4.78, 5) is 20.7. The molecule has 2 aliphatic heterocycles. The number of ether oxygens (including phenoxy) is 1. The summed E-state index contributed by atoms with van der Waals surface area (Å²) in [6, 6.07) is 53.9. The lowest BCUT2D eigenvalue weighted by Crippen LogP contribution is -2.29. The second-order valence-corrected chi connectivity index (χ2v) is 16.3. The zero-order valence-corrected chi connectivity index (χ0v) is 33.9. The number of allylic oxidation sites excluding steroid dienone is 2. The second-order valence-electron chi connectivity index (χ2n) is 16.3. The van der Waals surface area contributed by atoms with Crippen molar-refractivity contribution in [3.8, 4) is 56.0 Å². The van der Waals surface area contributed by atoms with Gasteiger partial charge in [0.2, 0.25) is 0 Å². The molecule has 7 nitrogen and oxygen atoms in total. The van der Waals surface area contributed by atoms with Crippen LogP contribution in [0.5, 0.6) is 11.5 Å². The number of hydrogen-bond donors (Lipinski definition) is 1. The molecule has 13 rings (SSSR count). The van der Waals surface area contributed by atoms with Crippen LogP contribution in [0, 0.1) is 0 Å². The lowest BCUT2D eigenvalue weighted by molar-refractivity contribution is 0.478. The number of aromatic nitrogens is 4. The van der Waals surface area contributed by atoms with Crippen molar-refractivity contribution in [2.45, 2.75) is 5.41 Å². The van der Waals surface area contributed by atoms with Crippen LogP contribution in [0.2, 0.25) is 0 Å². The summed E-state index contributed by atoms with van der Waals surface area (Å²) in [6.07, 6.45) is 15.5. The Bertz CT molecular complexity index is 3320. The minimum atomic E-state index is -0.665. The van der Waals surface area contributed by atoms with Crippen LogP contribution in [0.3, 0.4) is 0 Å². The van der Waals surface area contributed by atoms with Crippen LogP contribution in [0.1, 0.15) is 27.9 Å². The van der Waals surface area contributed by atoms with Crippen LogP contribution in [0.25, 0.3) is 55.8 Å². The molecule has 0 amide bonds. The Morgan fingerprint density at radius 3 is 2.10 bits per heavy atom. The van der Waals surface area contributed by atoms with E-state index in [2.05, 4.69) is 165 Å². The molecule has 1 spiro atoms. The van der Waals surface area contributed by atoms with E-state index in [0.29, 0.717) is 6.54 Å². The van der Waals surface area contributed by atoms with E-state index in [1.807, 2.05) is 61.6 Å². The predicted molar refractivity (Wildman–Crippen MR) is 250 cm³/mol. The van der Waals surface area contributed by atoms with Crippen LogP contribution < -0.4 is 15.0 Å². The molecule has 2 aliphatic carbocycles. The highest BCUT2D eigenvalue weighted by molar-refractivity contribution is 6.02. The quantitative estimate of drug-likeness (QED) is 0.186. The summed E-state index contributed by atoms with van der Waals surface area (Å²) in [7, 11) is 0. The van der Waals surface area contributed by atoms with Gasteiger partial charge in [-0.15, -0.1) is 0 Å². The standard InChI is InChI=1S/C56H36N6O/c1-2-13-43(42(12-1)39-29-37(35-21-26-57-27-22-35)28-38(30-39)36-10-7-23-58-32-36)40-31-48-54(61-33-40)53-47(16-9-25-60-53)56(48)45-15-4-3-14-44(45)52-46(56)19-20-50-55(52)63-51-18-6-5-17-49(51)62(50)41-11-8-24-59-34-41/h1-32,34,61H,33H2. The summed E-state index contributed by atoms with van der Waals surface area (Å²) < 4.78 is 7.06. The van der Waals surface area contributed by atoms with Crippen LogP contribution in [-0.4, -0.2) is 26.5 Å². The largest absolute Gasteiger partial charge is 0.452 e. The van der Waals surface area contributed by atoms with E-state index in [4.69, 9.17) is 9.72 Å². The number of rotatable bonds is 5. The molecule has 1 unspecified atom stereocenters. The lowest BCUT2D eigenvalue weighted by atomic mass is 9.69. The topological polar surface area (TPSA) is 76.1 Å². The first-order valence-electron chi connectivity index (χ1n) is 21.2. The van der Waals surface area contributed by atoms with Crippen LogP contribution in [0.15, 0.2) is 207 Å². The average molecular weight is 809 g/mol. The lowest BCUT2D eigenvalue weighted by Gasteiger charge is -2.35. The maximum absolute atomic E-state index is 7.06. The molecule has 5 aromatic carbocycles. The van der Waals surface area contributed by atoms with Gasteiger partial charge >= 0.3 is 0 Å². The summed E-state index contributed by atoms with van der Waals surface area (Å²) in [5.41, 5.74) is 20.3. The number of nitrogens with zero attached hydrogens (tertiary/aromatic N) is 5. The van der Waals surface area contributed by atoms with Crippen molar-refractivity contribution < 1.29 is 4.74 Å². The van der Waals surface area contributed by atoms with E-state index < -0.39 is 5.41 Å². The molecule has 7 heteroatoms. The van der Waals surface area contributed by atoms with E-state index >= 15 is 0 Å². The van der Waals surface area contributed by atoms with E-state index in [9.17, 15) is 0 Å². The number of nitrogens with one attached hydrogen (secondary N) is 1. The van der Waals surface area contributed by atoms with Gasteiger partial charge in [-0.25, -0.2) is 0 Å². The van der Waals surface area contributed by atoms with Gasteiger partial charge in [0.25, 0.3) is 0 Å². The predicted octanol–water partition coefficient (Wildman–Crippen LogP) is 12.6. The minimum absolute atomic E-state index is 0.639. The maximum atomic E-state index is 7.06. The highest BCUT2D eigenvalue weighted by atomic mass is 16.5. The summed E-state index contributed by atoms with van der Waals surface area (Å²) >= 11 is 0. The molecule has 1 N–H and O–H groups in total. The fraction of sp³-hybridized carbons (Fsp3) is 0.0357.